The SMILES string of the molecule is COCC1CNc2cc(NC(=O)CCc3ccc(C(C)(C)C)cc3)ccc2O1. The third-order valence-corrected chi connectivity index (χ3v) is 4.89. The zero-order valence-corrected chi connectivity index (χ0v) is 17.2. The van der Waals surface area contributed by atoms with Crippen LogP contribution in [0.25, 0.3) is 0 Å². The molecule has 2 aromatic carbocycles. The Labute approximate surface area is 167 Å². The number of ether oxygens (including phenoxy) is 2. The minimum absolute atomic E-state index is 0.00242. The molecule has 5 nitrogen and oxygen atoms in total. The van der Waals surface area contributed by atoms with Crippen molar-refractivity contribution in [2.75, 3.05) is 30.9 Å². The van der Waals surface area contributed by atoms with E-state index < -0.39 is 0 Å². The largest absolute Gasteiger partial charge is 0.484 e. The van der Waals surface area contributed by atoms with Gasteiger partial charge >= 0.3 is 0 Å². The number of aryl methyl sites for hydroxylation is 1. The molecule has 0 saturated heterocycles. The highest BCUT2D eigenvalue weighted by molar-refractivity contribution is 5.91. The summed E-state index contributed by atoms with van der Waals surface area (Å²) in [5.41, 5.74) is 4.28. The Morgan fingerprint density at radius 3 is 2.64 bits per heavy atom. The number of rotatable bonds is 6. The van der Waals surface area contributed by atoms with Crippen LogP contribution in [-0.4, -0.2) is 32.3 Å². The molecular weight excluding hydrogens is 352 g/mol. The fourth-order valence-corrected chi connectivity index (χ4v) is 3.23. The molecule has 1 aliphatic rings. The zero-order chi connectivity index (χ0) is 20.1. The molecular formula is C23H30N2O3. The zero-order valence-electron chi connectivity index (χ0n) is 17.2. The standard InChI is InChI=1S/C23H30N2O3/c1-23(2,3)17-8-5-16(6-9-17)7-12-22(26)25-18-10-11-21-20(13-18)24-14-19(28-21)15-27-4/h5-6,8-11,13,19,24H,7,12,14-15H2,1-4H3,(H,25,26). The number of nitrogens with one attached hydrogen (secondary N) is 2. The summed E-state index contributed by atoms with van der Waals surface area (Å²) in [6.07, 6.45) is 1.18. The van der Waals surface area contributed by atoms with Crippen molar-refractivity contribution in [3.05, 3.63) is 53.6 Å². The van der Waals surface area contributed by atoms with E-state index in [0.29, 0.717) is 19.6 Å². The number of carbonyl (C=O) groups is 1. The molecule has 5 heteroatoms. The number of amides is 1. The molecule has 1 aliphatic heterocycles. The highest BCUT2D eigenvalue weighted by atomic mass is 16.5. The van der Waals surface area contributed by atoms with E-state index in [1.807, 2.05) is 18.2 Å². The van der Waals surface area contributed by atoms with E-state index in [9.17, 15) is 4.79 Å². The van der Waals surface area contributed by atoms with Crippen molar-refractivity contribution in [3.63, 3.8) is 0 Å². The lowest BCUT2D eigenvalue weighted by Gasteiger charge is -2.27. The fourth-order valence-electron chi connectivity index (χ4n) is 3.23. The summed E-state index contributed by atoms with van der Waals surface area (Å²) in [6.45, 7) is 7.83. The average Bonchev–Trinajstić information content (AvgIpc) is 2.66. The maximum atomic E-state index is 12.3. The van der Waals surface area contributed by atoms with Gasteiger partial charge in [0.05, 0.1) is 18.8 Å². The number of benzene rings is 2. The van der Waals surface area contributed by atoms with Gasteiger partial charge in [-0.15, -0.1) is 0 Å². The van der Waals surface area contributed by atoms with Crippen molar-refractivity contribution in [1.29, 1.82) is 0 Å². The molecule has 0 fully saturated rings. The molecule has 1 unspecified atom stereocenters. The van der Waals surface area contributed by atoms with Crippen molar-refractivity contribution in [2.24, 2.45) is 0 Å². The van der Waals surface area contributed by atoms with E-state index in [-0.39, 0.29) is 17.4 Å². The summed E-state index contributed by atoms with van der Waals surface area (Å²) in [4.78, 5) is 12.3. The van der Waals surface area contributed by atoms with E-state index in [1.54, 1.807) is 7.11 Å². The number of anilines is 2. The summed E-state index contributed by atoms with van der Waals surface area (Å²) >= 11 is 0. The van der Waals surface area contributed by atoms with Gasteiger partial charge in [-0.1, -0.05) is 45.0 Å². The highest BCUT2D eigenvalue weighted by Crippen LogP contribution is 2.32. The number of carbonyl (C=O) groups excluding carboxylic acids is 1. The third-order valence-electron chi connectivity index (χ3n) is 4.89. The van der Waals surface area contributed by atoms with Crippen molar-refractivity contribution < 1.29 is 14.3 Å². The maximum absolute atomic E-state index is 12.3. The predicted octanol–water partition coefficient (Wildman–Crippen LogP) is 4.37. The molecule has 1 amide bonds. The van der Waals surface area contributed by atoms with Crippen LogP contribution in [0.2, 0.25) is 0 Å². The van der Waals surface area contributed by atoms with Gasteiger partial charge in [-0.3, -0.25) is 4.79 Å². The van der Waals surface area contributed by atoms with Gasteiger partial charge in [-0.25, -0.2) is 0 Å². The van der Waals surface area contributed by atoms with Gasteiger partial charge < -0.3 is 20.1 Å². The van der Waals surface area contributed by atoms with Gasteiger partial charge in [-0.2, -0.15) is 0 Å². The first-order chi connectivity index (χ1) is 13.3. The van der Waals surface area contributed by atoms with Crippen LogP contribution in [0.1, 0.15) is 38.3 Å². The van der Waals surface area contributed by atoms with Crippen LogP contribution >= 0.6 is 0 Å². The van der Waals surface area contributed by atoms with Crippen molar-refractivity contribution in [3.8, 4) is 5.75 Å². The molecule has 150 valence electrons. The van der Waals surface area contributed by atoms with Crippen molar-refractivity contribution >= 4 is 17.3 Å². The second kappa shape index (κ2) is 8.65. The van der Waals surface area contributed by atoms with Crippen LogP contribution in [0.4, 0.5) is 11.4 Å². The fraction of sp³-hybridized carbons (Fsp3) is 0.435. The monoisotopic (exact) mass is 382 g/mol. The lowest BCUT2D eigenvalue weighted by Crippen LogP contribution is -2.34. The molecule has 2 aromatic rings. The molecule has 0 radical (unpaired) electrons. The summed E-state index contributed by atoms with van der Waals surface area (Å²) < 4.78 is 11.0. The van der Waals surface area contributed by atoms with Crippen LogP contribution in [0.3, 0.4) is 0 Å². The lowest BCUT2D eigenvalue weighted by atomic mass is 9.86. The normalized spacial score (nSPS) is 15.9. The molecule has 3 rings (SSSR count). The molecule has 0 bridgehead atoms. The van der Waals surface area contributed by atoms with Crippen LogP contribution in [0.5, 0.6) is 5.75 Å². The Morgan fingerprint density at radius 2 is 1.96 bits per heavy atom. The van der Waals surface area contributed by atoms with Crippen LogP contribution in [0, 0.1) is 0 Å². The summed E-state index contributed by atoms with van der Waals surface area (Å²) in [5, 5.41) is 6.31. The molecule has 28 heavy (non-hydrogen) atoms. The molecule has 0 aromatic heterocycles. The smallest absolute Gasteiger partial charge is 0.224 e. The van der Waals surface area contributed by atoms with E-state index in [4.69, 9.17) is 9.47 Å². The Balaban J connectivity index is 1.53. The second-order valence-corrected chi connectivity index (χ2v) is 8.28. The number of hydrogen-bond acceptors (Lipinski definition) is 4. The first-order valence-corrected chi connectivity index (χ1v) is 9.78. The summed E-state index contributed by atoms with van der Waals surface area (Å²) in [5.74, 6) is 0.791. The van der Waals surface area contributed by atoms with Crippen molar-refractivity contribution in [1.82, 2.24) is 0 Å². The van der Waals surface area contributed by atoms with Gasteiger partial charge in [0.2, 0.25) is 5.91 Å². The van der Waals surface area contributed by atoms with Gasteiger partial charge in [0, 0.05) is 19.2 Å². The van der Waals surface area contributed by atoms with E-state index in [0.717, 1.165) is 23.5 Å². The minimum atomic E-state index is 0.00242. The quantitative estimate of drug-likeness (QED) is 0.779. The van der Waals surface area contributed by atoms with Crippen LogP contribution in [-0.2, 0) is 21.4 Å². The Hall–Kier alpha value is -2.53. The number of fused-ring (bicyclic) bond motifs is 1. The van der Waals surface area contributed by atoms with Gasteiger partial charge in [0.15, 0.2) is 0 Å². The Bertz CT molecular complexity index is 810. The average molecular weight is 383 g/mol. The Morgan fingerprint density at radius 1 is 1.21 bits per heavy atom. The third kappa shape index (κ3) is 5.26. The number of hydrogen-bond donors (Lipinski definition) is 2. The molecule has 1 atom stereocenters. The second-order valence-electron chi connectivity index (χ2n) is 8.28. The first-order valence-electron chi connectivity index (χ1n) is 9.78. The lowest BCUT2D eigenvalue weighted by molar-refractivity contribution is -0.116. The molecule has 2 N–H and O–H groups in total. The highest BCUT2D eigenvalue weighted by Gasteiger charge is 2.19. The molecule has 0 spiro atoms. The topological polar surface area (TPSA) is 59.6 Å². The molecule has 0 aliphatic carbocycles. The van der Waals surface area contributed by atoms with Crippen LogP contribution < -0.4 is 15.4 Å². The molecule has 1 heterocycles. The van der Waals surface area contributed by atoms with Gasteiger partial charge in [0.25, 0.3) is 0 Å². The van der Waals surface area contributed by atoms with E-state index >= 15 is 0 Å². The maximum Gasteiger partial charge on any atom is 0.224 e. The predicted molar refractivity (Wildman–Crippen MR) is 113 cm³/mol. The summed E-state index contributed by atoms with van der Waals surface area (Å²) in [6, 6.07) is 14.2. The van der Waals surface area contributed by atoms with Gasteiger partial charge in [-0.05, 0) is 41.2 Å². The molecule has 0 saturated carbocycles. The first kappa shape index (κ1) is 20.2. The number of methoxy groups -OCH3 is 1. The van der Waals surface area contributed by atoms with E-state index in [1.165, 1.54) is 11.1 Å². The van der Waals surface area contributed by atoms with Crippen molar-refractivity contribution in [2.45, 2.75) is 45.1 Å². The minimum Gasteiger partial charge on any atom is -0.484 e. The van der Waals surface area contributed by atoms with Gasteiger partial charge in [0.1, 0.15) is 11.9 Å². The Kier molecular flexibility index (Phi) is 6.25. The van der Waals surface area contributed by atoms with E-state index in [2.05, 4.69) is 55.7 Å². The summed E-state index contributed by atoms with van der Waals surface area (Å²) in [7, 11) is 1.66. The van der Waals surface area contributed by atoms with Crippen LogP contribution in [0.15, 0.2) is 42.5 Å².